The van der Waals surface area contributed by atoms with Crippen molar-refractivity contribution in [3.63, 3.8) is 0 Å². The fraction of sp³-hybridized carbons (Fsp3) is 0.562. The van der Waals surface area contributed by atoms with Gasteiger partial charge in [0.25, 0.3) is 5.91 Å². The molecule has 1 amide bonds. The van der Waals surface area contributed by atoms with Crippen LogP contribution in [0.25, 0.3) is 0 Å². The van der Waals surface area contributed by atoms with E-state index in [1.165, 1.54) is 17.8 Å². The van der Waals surface area contributed by atoms with Gasteiger partial charge in [0.05, 0.1) is 17.0 Å². The normalized spacial score (nSPS) is 25.1. The van der Waals surface area contributed by atoms with Gasteiger partial charge in [-0.2, -0.15) is 0 Å². The highest BCUT2D eigenvalue weighted by Gasteiger charge is 2.30. The highest BCUT2D eigenvalue weighted by Crippen LogP contribution is 2.31. The van der Waals surface area contributed by atoms with Crippen LogP contribution >= 0.6 is 11.3 Å². The van der Waals surface area contributed by atoms with E-state index >= 15 is 0 Å². The van der Waals surface area contributed by atoms with Gasteiger partial charge in [0.2, 0.25) is 0 Å². The Labute approximate surface area is 124 Å². The number of nitrogens with one attached hydrogen (secondary N) is 1. The molecule has 1 aromatic rings. The van der Waals surface area contributed by atoms with Crippen LogP contribution in [0.4, 0.5) is 0 Å². The first-order chi connectivity index (χ1) is 9.61. The summed E-state index contributed by atoms with van der Waals surface area (Å²) in [4.78, 5) is 13.1. The minimum atomic E-state index is 0.00223. The van der Waals surface area contributed by atoms with Crippen LogP contribution in [0.5, 0.6) is 0 Å². The van der Waals surface area contributed by atoms with Crippen molar-refractivity contribution in [2.24, 2.45) is 11.8 Å². The van der Waals surface area contributed by atoms with E-state index in [1.807, 2.05) is 11.4 Å². The zero-order valence-electron chi connectivity index (χ0n) is 12.0. The summed E-state index contributed by atoms with van der Waals surface area (Å²) in [5.74, 6) is 7.06. The van der Waals surface area contributed by atoms with Crippen LogP contribution in [0.3, 0.4) is 0 Å². The van der Waals surface area contributed by atoms with Gasteiger partial charge in [-0.3, -0.25) is 4.79 Å². The molecule has 0 saturated heterocycles. The molecule has 3 atom stereocenters. The molecule has 1 saturated carbocycles. The Morgan fingerprint density at radius 1 is 1.50 bits per heavy atom. The summed E-state index contributed by atoms with van der Waals surface area (Å²) < 4.78 is 0. The Hall–Kier alpha value is -1.31. The van der Waals surface area contributed by atoms with Crippen LogP contribution in [0.2, 0.25) is 0 Å². The molecule has 0 radical (unpaired) electrons. The van der Waals surface area contributed by atoms with Gasteiger partial charge in [0.15, 0.2) is 0 Å². The van der Waals surface area contributed by atoms with Crippen LogP contribution in [0.1, 0.15) is 48.3 Å². The maximum Gasteiger partial charge on any atom is 0.252 e. The molecular formula is C16H21NO2S. The van der Waals surface area contributed by atoms with Crippen molar-refractivity contribution in [3.05, 3.63) is 21.9 Å². The first-order valence-electron chi connectivity index (χ1n) is 7.11. The third-order valence-corrected chi connectivity index (χ3v) is 4.94. The second-order valence-electron chi connectivity index (χ2n) is 5.47. The van der Waals surface area contributed by atoms with Crippen LogP contribution < -0.4 is 5.32 Å². The number of thiophene rings is 1. The first-order valence-corrected chi connectivity index (χ1v) is 7.99. The molecule has 4 heteroatoms. The number of aliphatic hydroxyl groups excluding tert-OH is 1. The molecule has 0 bridgehead atoms. The van der Waals surface area contributed by atoms with Gasteiger partial charge >= 0.3 is 0 Å². The molecule has 0 aliphatic heterocycles. The molecule has 1 aliphatic rings. The minimum absolute atomic E-state index is 0.00223. The number of aliphatic hydroxyl groups is 1. The van der Waals surface area contributed by atoms with Crippen LogP contribution in [0.15, 0.2) is 11.4 Å². The first kappa shape index (κ1) is 15.1. The van der Waals surface area contributed by atoms with Gasteiger partial charge in [-0.1, -0.05) is 25.7 Å². The summed E-state index contributed by atoms with van der Waals surface area (Å²) >= 11 is 1.47. The van der Waals surface area contributed by atoms with E-state index in [0.29, 0.717) is 29.9 Å². The van der Waals surface area contributed by atoms with Crippen LogP contribution in [-0.2, 0) is 0 Å². The van der Waals surface area contributed by atoms with Crippen molar-refractivity contribution < 1.29 is 9.90 Å². The number of rotatable bonds is 3. The summed E-state index contributed by atoms with van der Waals surface area (Å²) in [5.41, 5.74) is 0.690. The van der Waals surface area contributed by atoms with Gasteiger partial charge in [-0.25, -0.2) is 0 Å². The van der Waals surface area contributed by atoms with Crippen LogP contribution in [0, 0.1) is 23.7 Å². The molecule has 1 aromatic heterocycles. The Bertz CT molecular complexity index is 526. The Morgan fingerprint density at radius 3 is 2.95 bits per heavy atom. The van der Waals surface area contributed by atoms with Crippen molar-refractivity contribution in [1.29, 1.82) is 0 Å². The van der Waals surface area contributed by atoms with Crippen molar-refractivity contribution >= 4 is 17.2 Å². The minimum Gasteiger partial charge on any atom is -0.395 e. The largest absolute Gasteiger partial charge is 0.395 e. The van der Waals surface area contributed by atoms with Crippen molar-refractivity contribution in [1.82, 2.24) is 5.32 Å². The lowest BCUT2D eigenvalue weighted by Crippen LogP contribution is -2.37. The molecule has 1 fully saturated rings. The predicted octanol–water partition coefficient (Wildman–Crippen LogP) is 2.65. The molecule has 1 aliphatic carbocycles. The quantitative estimate of drug-likeness (QED) is 0.841. The molecular weight excluding hydrogens is 270 g/mol. The number of amides is 1. The predicted molar refractivity (Wildman–Crippen MR) is 81.7 cm³/mol. The zero-order chi connectivity index (χ0) is 14.5. The average Bonchev–Trinajstić information content (AvgIpc) is 3.01. The molecule has 108 valence electrons. The van der Waals surface area contributed by atoms with E-state index < -0.39 is 0 Å². The molecule has 0 spiro atoms. The van der Waals surface area contributed by atoms with Gasteiger partial charge in [-0.15, -0.1) is 11.3 Å². The maximum atomic E-state index is 12.2. The van der Waals surface area contributed by atoms with Crippen molar-refractivity contribution in [3.8, 4) is 11.8 Å². The fourth-order valence-corrected chi connectivity index (χ4v) is 3.30. The SMILES string of the molecule is CC1CCC(NC(=O)c2csc(C#CCCO)c2)C1C. The monoisotopic (exact) mass is 291 g/mol. The Balaban J connectivity index is 1.95. The number of carbonyl (C=O) groups is 1. The summed E-state index contributed by atoms with van der Waals surface area (Å²) in [5, 5.41) is 13.7. The summed E-state index contributed by atoms with van der Waals surface area (Å²) in [6.45, 7) is 4.53. The maximum absolute atomic E-state index is 12.2. The van der Waals surface area contributed by atoms with Crippen molar-refractivity contribution in [2.75, 3.05) is 6.61 Å². The summed E-state index contributed by atoms with van der Waals surface area (Å²) in [6.07, 6.45) is 2.73. The van der Waals surface area contributed by atoms with Gasteiger partial charge in [0, 0.05) is 17.8 Å². The summed E-state index contributed by atoms with van der Waals surface area (Å²) in [7, 11) is 0. The van der Waals surface area contributed by atoms with Crippen molar-refractivity contribution in [2.45, 2.75) is 39.2 Å². The van der Waals surface area contributed by atoms with Gasteiger partial charge in [0.1, 0.15) is 0 Å². The average molecular weight is 291 g/mol. The van der Waals surface area contributed by atoms with E-state index in [4.69, 9.17) is 5.11 Å². The second kappa shape index (κ2) is 6.92. The third-order valence-electron chi connectivity index (χ3n) is 4.09. The smallest absolute Gasteiger partial charge is 0.252 e. The van der Waals surface area contributed by atoms with Crippen LogP contribution in [-0.4, -0.2) is 23.7 Å². The van der Waals surface area contributed by atoms with E-state index in [2.05, 4.69) is 31.0 Å². The Kier molecular flexibility index (Phi) is 5.22. The second-order valence-corrected chi connectivity index (χ2v) is 6.38. The lowest BCUT2D eigenvalue weighted by atomic mass is 9.98. The number of carbonyl (C=O) groups excluding carboxylic acids is 1. The standard InChI is InChI=1S/C16H21NO2S/c1-11-6-7-15(12(11)2)17-16(19)13-9-14(20-10-13)5-3-4-8-18/h9-12,15,18H,4,6-8H2,1-2H3,(H,17,19). The van der Waals surface area contributed by atoms with E-state index in [-0.39, 0.29) is 12.5 Å². The Morgan fingerprint density at radius 2 is 2.30 bits per heavy atom. The van der Waals surface area contributed by atoms with E-state index in [9.17, 15) is 4.79 Å². The number of hydrogen-bond donors (Lipinski definition) is 2. The highest BCUT2D eigenvalue weighted by atomic mass is 32.1. The van der Waals surface area contributed by atoms with Gasteiger partial charge < -0.3 is 10.4 Å². The van der Waals surface area contributed by atoms with E-state index in [0.717, 1.165) is 11.3 Å². The molecule has 1 heterocycles. The molecule has 3 nitrogen and oxygen atoms in total. The van der Waals surface area contributed by atoms with E-state index in [1.54, 1.807) is 0 Å². The molecule has 0 aromatic carbocycles. The summed E-state index contributed by atoms with van der Waals surface area (Å²) in [6, 6.07) is 2.12. The third kappa shape index (κ3) is 3.62. The molecule has 20 heavy (non-hydrogen) atoms. The highest BCUT2D eigenvalue weighted by molar-refractivity contribution is 7.10. The van der Waals surface area contributed by atoms with Gasteiger partial charge in [-0.05, 0) is 30.7 Å². The fourth-order valence-electron chi connectivity index (χ4n) is 2.55. The molecule has 2 rings (SSSR count). The zero-order valence-corrected chi connectivity index (χ0v) is 12.8. The lowest BCUT2D eigenvalue weighted by molar-refractivity contribution is 0.0928. The topological polar surface area (TPSA) is 49.3 Å². The number of hydrogen-bond acceptors (Lipinski definition) is 3. The molecule has 3 unspecified atom stereocenters. The lowest BCUT2D eigenvalue weighted by Gasteiger charge is -2.19. The molecule has 2 N–H and O–H groups in total.